The minimum Gasteiger partial charge on any atom is -0.462 e. The molecule has 1 aromatic heterocycles. The van der Waals surface area contributed by atoms with Gasteiger partial charge < -0.3 is 10.5 Å². The first-order valence-corrected chi connectivity index (χ1v) is 9.27. The van der Waals surface area contributed by atoms with Crippen LogP contribution in [-0.2, 0) is 4.74 Å². The Morgan fingerprint density at radius 1 is 1.12 bits per heavy atom. The molecule has 1 aromatic carbocycles. The number of thioether (sulfide) groups is 1. The maximum absolute atomic E-state index is 12.6. The van der Waals surface area contributed by atoms with Crippen LogP contribution in [0.25, 0.3) is 0 Å². The predicted molar refractivity (Wildman–Crippen MR) is 103 cm³/mol. The summed E-state index contributed by atoms with van der Waals surface area (Å²) >= 11 is 1.19. The van der Waals surface area contributed by atoms with Crippen LogP contribution in [-0.4, -0.2) is 34.1 Å². The Kier molecular flexibility index (Phi) is 6.37. The summed E-state index contributed by atoms with van der Waals surface area (Å²) in [7, 11) is 0. The Bertz CT molecular complexity index is 866. The van der Waals surface area contributed by atoms with E-state index in [4.69, 9.17) is 10.5 Å². The third kappa shape index (κ3) is 4.22. The Morgan fingerprint density at radius 2 is 1.81 bits per heavy atom. The standard InChI is InChI=1S/C19H23N3O3S/c1-6-25-18(24)15-8-21-19(22-17(15)20)26-9-16(23)14-7-10(2)11(3)12(4)13(14)5/h7-8H,6,9H2,1-5H3,(H2,20,21,22). The number of nitrogen functional groups attached to an aromatic ring is 1. The molecule has 0 aliphatic rings. The number of rotatable bonds is 6. The number of aromatic nitrogens is 2. The molecule has 2 aromatic rings. The van der Waals surface area contributed by atoms with Gasteiger partial charge in [0.2, 0.25) is 0 Å². The van der Waals surface area contributed by atoms with Crippen LogP contribution in [0.4, 0.5) is 5.82 Å². The molecule has 0 aliphatic carbocycles. The Hall–Kier alpha value is -2.41. The van der Waals surface area contributed by atoms with Gasteiger partial charge in [-0.05, 0) is 62.9 Å². The molecule has 0 aliphatic heterocycles. The monoisotopic (exact) mass is 373 g/mol. The highest BCUT2D eigenvalue weighted by Crippen LogP contribution is 2.24. The van der Waals surface area contributed by atoms with Crippen LogP contribution in [0.5, 0.6) is 0 Å². The molecule has 0 atom stereocenters. The van der Waals surface area contributed by atoms with Crippen LogP contribution in [0.15, 0.2) is 17.4 Å². The van der Waals surface area contributed by atoms with Crippen LogP contribution in [0.2, 0.25) is 0 Å². The number of ether oxygens (including phenoxy) is 1. The van der Waals surface area contributed by atoms with Gasteiger partial charge in [0, 0.05) is 11.8 Å². The molecule has 0 unspecified atom stereocenters. The number of hydrogen-bond donors (Lipinski definition) is 1. The number of nitrogens with zero attached hydrogens (tertiary/aromatic N) is 2. The summed E-state index contributed by atoms with van der Waals surface area (Å²) in [6.45, 7) is 10.0. The molecule has 7 heteroatoms. The molecule has 2 N–H and O–H groups in total. The van der Waals surface area contributed by atoms with Crippen molar-refractivity contribution in [3.8, 4) is 0 Å². The average molecular weight is 373 g/mol. The number of nitrogens with two attached hydrogens (primary N) is 1. The van der Waals surface area contributed by atoms with Crippen LogP contribution < -0.4 is 5.73 Å². The van der Waals surface area contributed by atoms with E-state index >= 15 is 0 Å². The van der Waals surface area contributed by atoms with Gasteiger partial charge in [-0.3, -0.25) is 4.79 Å². The summed E-state index contributed by atoms with van der Waals surface area (Å²) in [6.07, 6.45) is 1.33. The van der Waals surface area contributed by atoms with E-state index in [-0.39, 0.29) is 29.5 Å². The van der Waals surface area contributed by atoms with Gasteiger partial charge in [0.25, 0.3) is 0 Å². The summed E-state index contributed by atoms with van der Waals surface area (Å²) in [5.74, 6) is -0.304. The lowest BCUT2D eigenvalue weighted by molar-refractivity contribution is 0.0526. The fourth-order valence-electron chi connectivity index (χ4n) is 2.52. The van der Waals surface area contributed by atoms with Gasteiger partial charge >= 0.3 is 5.97 Å². The molecule has 0 amide bonds. The average Bonchev–Trinajstić information content (AvgIpc) is 2.61. The first-order valence-electron chi connectivity index (χ1n) is 8.29. The van der Waals surface area contributed by atoms with E-state index in [9.17, 15) is 9.59 Å². The number of Topliss-reactive ketones (excluding diaryl/α,β-unsaturated/α-hetero) is 1. The van der Waals surface area contributed by atoms with E-state index in [1.54, 1.807) is 6.92 Å². The quantitative estimate of drug-likeness (QED) is 0.359. The molecule has 0 saturated carbocycles. The first-order chi connectivity index (χ1) is 12.3. The number of esters is 1. The molecule has 1 heterocycles. The minimum absolute atomic E-state index is 0.00957. The van der Waals surface area contributed by atoms with Gasteiger partial charge in [-0.2, -0.15) is 0 Å². The molecule has 0 bridgehead atoms. The second kappa shape index (κ2) is 8.31. The van der Waals surface area contributed by atoms with E-state index in [0.29, 0.717) is 10.7 Å². The molecule has 26 heavy (non-hydrogen) atoms. The summed E-state index contributed by atoms with van der Waals surface area (Å²) in [6, 6.07) is 1.93. The smallest absolute Gasteiger partial charge is 0.343 e. The summed E-state index contributed by atoms with van der Waals surface area (Å²) < 4.78 is 4.89. The molecule has 2 rings (SSSR count). The van der Waals surface area contributed by atoms with Crippen molar-refractivity contribution < 1.29 is 14.3 Å². The third-order valence-corrected chi connectivity index (χ3v) is 5.27. The maximum atomic E-state index is 12.6. The topological polar surface area (TPSA) is 95.2 Å². The largest absolute Gasteiger partial charge is 0.462 e. The van der Waals surface area contributed by atoms with Gasteiger partial charge in [0.15, 0.2) is 10.9 Å². The lowest BCUT2D eigenvalue weighted by Crippen LogP contribution is -2.11. The molecule has 138 valence electrons. The predicted octanol–water partition coefficient (Wildman–Crippen LogP) is 3.44. The van der Waals surface area contributed by atoms with Gasteiger partial charge in [0.05, 0.1) is 12.4 Å². The molecule has 6 nitrogen and oxygen atoms in total. The SMILES string of the molecule is CCOC(=O)c1cnc(SCC(=O)c2cc(C)c(C)c(C)c2C)nc1N. The van der Waals surface area contributed by atoms with Crippen molar-refractivity contribution in [1.29, 1.82) is 0 Å². The van der Waals surface area contributed by atoms with Crippen molar-refractivity contribution in [2.45, 2.75) is 39.8 Å². The van der Waals surface area contributed by atoms with E-state index in [1.165, 1.54) is 23.5 Å². The van der Waals surface area contributed by atoms with Gasteiger partial charge in [-0.15, -0.1) is 0 Å². The van der Waals surface area contributed by atoms with Gasteiger partial charge in [-0.1, -0.05) is 11.8 Å². The fraction of sp³-hybridized carbons (Fsp3) is 0.368. The number of benzene rings is 1. The lowest BCUT2D eigenvalue weighted by Gasteiger charge is -2.13. The first kappa shape index (κ1) is 19.9. The van der Waals surface area contributed by atoms with Crippen LogP contribution in [0, 0.1) is 27.7 Å². The molecule has 0 radical (unpaired) electrons. The van der Waals surface area contributed by atoms with Crippen molar-refractivity contribution in [2.75, 3.05) is 18.1 Å². The highest BCUT2D eigenvalue weighted by molar-refractivity contribution is 7.99. The second-order valence-corrected chi connectivity index (χ2v) is 6.94. The zero-order valence-corrected chi connectivity index (χ0v) is 16.5. The van der Waals surface area contributed by atoms with Crippen LogP contribution in [0.3, 0.4) is 0 Å². The molecule has 0 fully saturated rings. The van der Waals surface area contributed by atoms with E-state index < -0.39 is 5.97 Å². The number of anilines is 1. The number of hydrogen-bond acceptors (Lipinski definition) is 7. The maximum Gasteiger partial charge on any atom is 0.343 e. The Balaban J connectivity index is 2.13. The van der Waals surface area contributed by atoms with E-state index in [1.807, 2.05) is 26.8 Å². The van der Waals surface area contributed by atoms with E-state index in [2.05, 4.69) is 16.9 Å². The van der Waals surface area contributed by atoms with Crippen molar-refractivity contribution >= 4 is 29.3 Å². The normalized spacial score (nSPS) is 10.7. The molecular formula is C19H23N3O3S. The molecular weight excluding hydrogens is 350 g/mol. The number of aryl methyl sites for hydroxylation is 1. The van der Waals surface area contributed by atoms with Crippen molar-refractivity contribution in [3.63, 3.8) is 0 Å². The minimum atomic E-state index is -0.557. The molecule has 0 spiro atoms. The van der Waals surface area contributed by atoms with Crippen molar-refractivity contribution in [2.24, 2.45) is 0 Å². The van der Waals surface area contributed by atoms with Crippen LogP contribution >= 0.6 is 11.8 Å². The highest BCUT2D eigenvalue weighted by atomic mass is 32.2. The highest BCUT2D eigenvalue weighted by Gasteiger charge is 2.17. The lowest BCUT2D eigenvalue weighted by atomic mass is 9.93. The summed E-state index contributed by atoms with van der Waals surface area (Å²) in [4.78, 5) is 32.5. The van der Waals surface area contributed by atoms with Gasteiger partial charge in [-0.25, -0.2) is 14.8 Å². The van der Waals surface area contributed by atoms with Crippen molar-refractivity contribution in [3.05, 3.63) is 45.6 Å². The van der Waals surface area contributed by atoms with E-state index in [0.717, 1.165) is 16.7 Å². The zero-order chi connectivity index (χ0) is 19.4. The number of carbonyl (C=O) groups excluding carboxylic acids is 2. The molecule has 0 saturated heterocycles. The number of ketones is 1. The zero-order valence-electron chi connectivity index (χ0n) is 15.7. The number of carbonyl (C=O) groups is 2. The van der Waals surface area contributed by atoms with Gasteiger partial charge in [0.1, 0.15) is 11.4 Å². The Morgan fingerprint density at radius 3 is 2.42 bits per heavy atom. The fourth-order valence-corrected chi connectivity index (χ4v) is 3.23. The second-order valence-electron chi connectivity index (χ2n) is 6.00. The van der Waals surface area contributed by atoms with Crippen LogP contribution in [0.1, 0.15) is 49.9 Å². The summed E-state index contributed by atoms with van der Waals surface area (Å²) in [5, 5.41) is 0.349. The summed E-state index contributed by atoms with van der Waals surface area (Å²) in [5.41, 5.74) is 11.1. The van der Waals surface area contributed by atoms with Crippen molar-refractivity contribution in [1.82, 2.24) is 9.97 Å². The Labute approximate surface area is 157 Å². The third-order valence-electron chi connectivity index (χ3n) is 4.41.